The zero-order valence-corrected chi connectivity index (χ0v) is 6.89. The maximum Gasteiger partial charge on any atom is 0.0761 e. The van der Waals surface area contributed by atoms with Gasteiger partial charge in [0.15, 0.2) is 0 Å². The second-order valence-electron chi connectivity index (χ2n) is 1.89. The van der Waals surface area contributed by atoms with Gasteiger partial charge in [0.05, 0.1) is 11.4 Å². The lowest BCUT2D eigenvalue weighted by Gasteiger charge is -1.95. The number of allylic oxidation sites excluding steroid dienone is 1. The Balaban J connectivity index is 4.07. The van der Waals surface area contributed by atoms with Crippen molar-refractivity contribution in [3.8, 4) is 0 Å². The number of hydrogen-bond acceptors (Lipinski definition) is 2. The maximum absolute atomic E-state index is 4.15. The van der Waals surface area contributed by atoms with E-state index in [1.807, 2.05) is 20.8 Å². The van der Waals surface area contributed by atoms with Crippen molar-refractivity contribution in [2.24, 2.45) is 9.98 Å². The van der Waals surface area contributed by atoms with E-state index in [-0.39, 0.29) is 0 Å². The Kier molecular flexibility index (Phi) is 4.46. The van der Waals surface area contributed by atoms with Crippen LogP contribution in [0.15, 0.2) is 22.3 Å². The van der Waals surface area contributed by atoms with Gasteiger partial charge in [-0.25, -0.2) is 0 Å². The van der Waals surface area contributed by atoms with Crippen molar-refractivity contribution in [2.75, 3.05) is 6.54 Å². The molecule has 0 aromatic carbocycles. The average Bonchev–Trinajstić information content (AvgIpc) is 1.89. The highest BCUT2D eigenvalue weighted by molar-refractivity contribution is 5.98. The summed E-state index contributed by atoms with van der Waals surface area (Å²) in [4.78, 5) is 8.14. The fourth-order valence-electron chi connectivity index (χ4n) is 0.578. The zero-order chi connectivity index (χ0) is 7.98. The van der Waals surface area contributed by atoms with E-state index in [1.165, 1.54) is 0 Å². The highest BCUT2D eigenvalue weighted by atomic mass is 14.8. The molecule has 0 aliphatic carbocycles. The van der Waals surface area contributed by atoms with Gasteiger partial charge < -0.3 is 0 Å². The van der Waals surface area contributed by atoms with Crippen molar-refractivity contribution >= 4 is 11.9 Å². The monoisotopic (exact) mass is 138 g/mol. The van der Waals surface area contributed by atoms with E-state index >= 15 is 0 Å². The summed E-state index contributed by atoms with van der Waals surface area (Å²) in [6, 6.07) is 0. The van der Waals surface area contributed by atoms with Crippen LogP contribution in [0.1, 0.15) is 20.8 Å². The van der Waals surface area contributed by atoms with Gasteiger partial charge in [0.25, 0.3) is 0 Å². The van der Waals surface area contributed by atoms with Gasteiger partial charge >= 0.3 is 0 Å². The van der Waals surface area contributed by atoms with E-state index in [9.17, 15) is 0 Å². The van der Waals surface area contributed by atoms with Gasteiger partial charge in [-0.05, 0) is 20.8 Å². The van der Waals surface area contributed by atoms with Crippen LogP contribution in [-0.4, -0.2) is 18.5 Å². The molecule has 0 spiro atoms. The quantitative estimate of drug-likeness (QED) is 0.533. The predicted octanol–water partition coefficient (Wildman–Crippen LogP) is 2.07. The fraction of sp³-hybridized carbons (Fsp3) is 0.500. The fourth-order valence-corrected chi connectivity index (χ4v) is 0.578. The van der Waals surface area contributed by atoms with Crippen LogP contribution in [-0.2, 0) is 0 Å². The van der Waals surface area contributed by atoms with E-state index in [2.05, 4.69) is 16.6 Å². The SMILES string of the molecule is C=C(/N=C\C)/C(C)=N\CC. The van der Waals surface area contributed by atoms with E-state index < -0.39 is 0 Å². The Labute approximate surface area is 62.4 Å². The lowest BCUT2D eigenvalue weighted by Crippen LogP contribution is -1.93. The van der Waals surface area contributed by atoms with Crippen LogP contribution in [0.2, 0.25) is 0 Å². The average molecular weight is 138 g/mol. The van der Waals surface area contributed by atoms with Crippen molar-refractivity contribution < 1.29 is 0 Å². The zero-order valence-electron chi connectivity index (χ0n) is 6.89. The summed E-state index contributed by atoms with van der Waals surface area (Å²) in [5, 5.41) is 0. The third-order valence-electron chi connectivity index (χ3n) is 1.10. The summed E-state index contributed by atoms with van der Waals surface area (Å²) in [5.41, 5.74) is 1.67. The van der Waals surface area contributed by atoms with Crippen molar-refractivity contribution in [1.82, 2.24) is 0 Å². The Morgan fingerprint density at radius 3 is 2.60 bits per heavy atom. The maximum atomic E-state index is 4.15. The van der Waals surface area contributed by atoms with Gasteiger partial charge in [-0.2, -0.15) is 0 Å². The largest absolute Gasteiger partial charge is 0.288 e. The van der Waals surface area contributed by atoms with Crippen LogP contribution < -0.4 is 0 Å². The first-order valence-corrected chi connectivity index (χ1v) is 3.41. The summed E-state index contributed by atoms with van der Waals surface area (Å²) in [5.74, 6) is 0. The summed E-state index contributed by atoms with van der Waals surface area (Å²) >= 11 is 0. The minimum absolute atomic E-state index is 0.754. The molecule has 0 saturated heterocycles. The molecule has 0 aromatic rings. The molecule has 0 saturated carbocycles. The standard InChI is InChI=1S/C8H14N2/c1-5-9-7(3)8(4)10-6-2/h5H,3,6H2,1-2,4H3/b9-5-,10-8-. The molecule has 0 radical (unpaired) electrons. The first-order chi connectivity index (χ1) is 4.72. The van der Waals surface area contributed by atoms with Crippen LogP contribution in [0.5, 0.6) is 0 Å². The minimum atomic E-state index is 0.754. The summed E-state index contributed by atoms with van der Waals surface area (Å²) < 4.78 is 0. The highest BCUT2D eigenvalue weighted by Crippen LogP contribution is 1.95. The third-order valence-corrected chi connectivity index (χ3v) is 1.10. The van der Waals surface area contributed by atoms with E-state index in [0.717, 1.165) is 18.0 Å². The normalized spacial score (nSPS) is 12.5. The minimum Gasteiger partial charge on any atom is -0.288 e. The Morgan fingerprint density at radius 1 is 1.60 bits per heavy atom. The van der Waals surface area contributed by atoms with Crippen LogP contribution in [0.3, 0.4) is 0 Å². The molecule has 0 amide bonds. The van der Waals surface area contributed by atoms with E-state index in [0.29, 0.717) is 0 Å². The molecular weight excluding hydrogens is 124 g/mol. The number of nitrogens with zero attached hydrogens (tertiary/aromatic N) is 2. The summed E-state index contributed by atoms with van der Waals surface area (Å²) in [6.45, 7) is 10.3. The molecule has 0 heterocycles. The number of rotatable bonds is 3. The molecule has 56 valence electrons. The van der Waals surface area contributed by atoms with Gasteiger partial charge in [-0.3, -0.25) is 9.98 Å². The van der Waals surface area contributed by atoms with Gasteiger partial charge in [0.2, 0.25) is 0 Å². The molecule has 10 heavy (non-hydrogen) atoms. The molecule has 0 unspecified atom stereocenters. The first kappa shape index (κ1) is 9.08. The lowest BCUT2D eigenvalue weighted by molar-refractivity contribution is 1.12. The molecule has 0 bridgehead atoms. The van der Waals surface area contributed by atoms with E-state index in [1.54, 1.807) is 6.21 Å². The van der Waals surface area contributed by atoms with Crippen LogP contribution >= 0.6 is 0 Å². The first-order valence-electron chi connectivity index (χ1n) is 3.41. The van der Waals surface area contributed by atoms with Gasteiger partial charge in [-0.15, -0.1) is 0 Å². The van der Waals surface area contributed by atoms with Crippen molar-refractivity contribution in [2.45, 2.75) is 20.8 Å². The van der Waals surface area contributed by atoms with Crippen LogP contribution in [0.25, 0.3) is 0 Å². The molecule has 0 aliphatic heterocycles. The molecule has 2 heteroatoms. The molecule has 0 rings (SSSR count). The molecule has 0 aromatic heterocycles. The van der Waals surface area contributed by atoms with Crippen molar-refractivity contribution in [1.29, 1.82) is 0 Å². The molecule has 2 nitrogen and oxygen atoms in total. The second-order valence-corrected chi connectivity index (χ2v) is 1.89. The van der Waals surface area contributed by atoms with E-state index in [4.69, 9.17) is 0 Å². The lowest BCUT2D eigenvalue weighted by atomic mass is 10.3. The number of aliphatic imine (C=N–C) groups is 2. The molecular formula is C8H14N2. The molecule has 0 N–H and O–H groups in total. The van der Waals surface area contributed by atoms with Crippen molar-refractivity contribution in [3.05, 3.63) is 12.3 Å². The molecule has 0 fully saturated rings. The smallest absolute Gasteiger partial charge is 0.0761 e. The Morgan fingerprint density at radius 2 is 2.20 bits per heavy atom. The number of hydrogen-bond donors (Lipinski definition) is 0. The van der Waals surface area contributed by atoms with Crippen LogP contribution in [0.4, 0.5) is 0 Å². The predicted molar refractivity (Wildman–Crippen MR) is 47.0 cm³/mol. The van der Waals surface area contributed by atoms with Gasteiger partial charge in [0.1, 0.15) is 0 Å². The summed E-state index contributed by atoms with van der Waals surface area (Å²) in [6.07, 6.45) is 1.72. The Hall–Kier alpha value is -0.920. The second kappa shape index (κ2) is 4.91. The topological polar surface area (TPSA) is 24.7 Å². The van der Waals surface area contributed by atoms with Gasteiger partial charge in [-0.1, -0.05) is 6.58 Å². The molecule has 0 atom stereocenters. The molecule has 0 aliphatic rings. The third kappa shape index (κ3) is 3.17. The highest BCUT2D eigenvalue weighted by Gasteiger charge is 1.91. The van der Waals surface area contributed by atoms with Crippen molar-refractivity contribution in [3.63, 3.8) is 0 Å². The summed E-state index contributed by atoms with van der Waals surface area (Å²) in [7, 11) is 0. The van der Waals surface area contributed by atoms with Crippen LogP contribution in [0, 0.1) is 0 Å². The van der Waals surface area contributed by atoms with Gasteiger partial charge in [0, 0.05) is 12.8 Å². The Bertz CT molecular complexity index is 166.